The summed E-state index contributed by atoms with van der Waals surface area (Å²) in [6.07, 6.45) is 6.09. The molecule has 2 atom stereocenters. The van der Waals surface area contributed by atoms with Gasteiger partial charge in [0.1, 0.15) is 5.75 Å². The maximum absolute atomic E-state index is 9.97. The molecule has 1 saturated carbocycles. The molecule has 0 radical (unpaired) electrons. The van der Waals surface area contributed by atoms with Crippen molar-refractivity contribution in [2.24, 2.45) is 11.8 Å². The highest BCUT2D eigenvalue weighted by atomic mass is 16.7. The fourth-order valence-corrected chi connectivity index (χ4v) is 5.83. The van der Waals surface area contributed by atoms with Gasteiger partial charge in [-0.1, -0.05) is 24.6 Å². The fraction of sp³-hybridized carbons (Fsp3) is 0.556. The molecule has 2 aromatic carbocycles. The minimum atomic E-state index is -0.103. The third-order valence-electron chi connectivity index (χ3n) is 7.84. The van der Waals surface area contributed by atoms with Crippen LogP contribution in [0.4, 0.5) is 5.69 Å². The maximum Gasteiger partial charge on any atom is 0.159 e. The smallest absolute Gasteiger partial charge is 0.159 e. The van der Waals surface area contributed by atoms with E-state index in [9.17, 15) is 5.11 Å². The van der Waals surface area contributed by atoms with Gasteiger partial charge in [0.25, 0.3) is 0 Å². The van der Waals surface area contributed by atoms with E-state index in [0.29, 0.717) is 24.2 Å². The van der Waals surface area contributed by atoms with Crippen LogP contribution in [0.5, 0.6) is 5.75 Å². The predicted octanol–water partition coefficient (Wildman–Crippen LogP) is 5.06. The average Bonchev–Trinajstić information content (AvgIpc) is 2.79. The lowest BCUT2D eigenvalue weighted by Gasteiger charge is -2.42. The number of nitrogens with zero attached hydrogens (tertiary/aromatic N) is 1. The van der Waals surface area contributed by atoms with Crippen molar-refractivity contribution in [1.29, 1.82) is 0 Å². The molecule has 0 unspecified atom stereocenters. The number of hydrogen-bond donors (Lipinski definition) is 1. The standard InChI is InChI=1S/C27H35NO4/c1-30-27(31-2)20-12-14-28(15-13-20)22-8-6-18(7-9-22)25-24-11-10-23(29)16-21(24)17-32-26(25)19-4-3-5-19/h6-11,16,19-20,25-27,29H,3-5,12-15,17H2,1-2H3/t25-,26-/m0/s1. The predicted molar refractivity (Wildman–Crippen MR) is 125 cm³/mol. The lowest BCUT2D eigenvalue weighted by atomic mass is 9.71. The largest absolute Gasteiger partial charge is 0.508 e. The molecule has 5 nitrogen and oxygen atoms in total. The van der Waals surface area contributed by atoms with Gasteiger partial charge in [0, 0.05) is 44.8 Å². The van der Waals surface area contributed by atoms with E-state index in [1.54, 1.807) is 14.2 Å². The number of methoxy groups -OCH3 is 2. The molecule has 1 N–H and O–H groups in total. The average molecular weight is 438 g/mol. The second-order valence-corrected chi connectivity index (χ2v) is 9.58. The molecule has 0 aromatic heterocycles. The van der Waals surface area contributed by atoms with Gasteiger partial charge in [-0.05, 0) is 72.6 Å². The number of anilines is 1. The first-order valence-electron chi connectivity index (χ1n) is 12.0. The van der Waals surface area contributed by atoms with Crippen LogP contribution < -0.4 is 4.90 Å². The van der Waals surface area contributed by atoms with Gasteiger partial charge in [-0.3, -0.25) is 0 Å². The number of ether oxygens (including phenoxy) is 3. The number of benzene rings is 2. The number of fused-ring (bicyclic) bond motifs is 1. The highest BCUT2D eigenvalue weighted by Gasteiger charge is 2.39. The summed E-state index contributed by atoms with van der Waals surface area (Å²) < 4.78 is 17.3. The van der Waals surface area contributed by atoms with Crippen molar-refractivity contribution in [3.05, 3.63) is 59.2 Å². The molecule has 3 aliphatic rings. The Kier molecular flexibility index (Phi) is 6.40. The summed E-state index contributed by atoms with van der Waals surface area (Å²) >= 11 is 0. The van der Waals surface area contributed by atoms with E-state index in [0.717, 1.165) is 31.5 Å². The molecule has 2 aromatic rings. The van der Waals surface area contributed by atoms with Crippen LogP contribution in [-0.4, -0.2) is 44.8 Å². The van der Waals surface area contributed by atoms with Gasteiger partial charge < -0.3 is 24.2 Å². The molecule has 0 bridgehead atoms. The Morgan fingerprint density at radius 3 is 2.31 bits per heavy atom. The van der Waals surface area contributed by atoms with Crippen LogP contribution in [-0.2, 0) is 20.8 Å². The molecule has 5 heteroatoms. The SMILES string of the molecule is COC(OC)C1CCN(c2ccc([C@H]3c4ccc(O)cc4CO[C@H]3C3CCC3)cc2)CC1. The zero-order valence-corrected chi connectivity index (χ0v) is 19.2. The van der Waals surface area contributed by atoms with E-state index in [1.807, 2.05) is 12.1 Å². The Bertz CT molecular complexity index is 898. The minimum Gasteiger partial charge on any atom is -0.508 e. The Labute approximate surface area is 191 Å². The summed E-state index contributed by atoms with van der Waals surface area (Å²) in [6.45, 7) is 2.64. The van der Waals surface area contributed by atoms with E-state index >= 15 is 0 Å². The molecule has 5 rings (SSSR count). The first-order chi connectivity index (χ1) is 15.7. The topological polar surface area (TPSA) is 51.2 Å². The molecule has 2 heterocycles. The quantitative estimate of drug-likeness (QED) is 0.641. The van der Waals surface area contributed by atoms with E-state index in [2.05, 4.69) is 35.2 Å². The third-order valence-corrected chi connectivity index (χ3v) is 7.84. The van der Waals surface area contributed by atoms with E-state index in [4.69, 9.17) is 14.2 Å². The third kappa shape index (κ3) is 4.14. The second-order valence-electron chi connectivity index (χ2n) is 9.58. The summed E-state index contributed by atoms with van der Waals surface area (Å²) in [5.74, 6) is 1.64. The van der Waals surface area contributed by atoms with Crippen molar-refractivity contribution < 1.29 is 19.3 Å². The molecule has 2 fully saturated rings. The summed E-state index contributed by atoms with van der Waals surface area (Å²) in [7, 11) is 3.45. The van der Waals surface area contributed by atoms with Gasteiger partial charge in [0.2, 0.25) is 0 Å². The van der Waals surface area contributed by atoms with Crippen LogP contribution in [0.25, 0.3) is 0 Å². The zero-order chi connectivity index (χ0) is 22.1. The normalized spacial score (nSPS) is 24.4. The number of phenols is 1. The zero-order valence-electron chi connectivity index (χ0n) is 19.2. The molecule has 2 aliphatic heterocycles. The monoisotopic (exact) mass is 437 g/mol. The maximum atomic E-state index is 9.97. The van der Waals surface area contributed by atoms with Crippen LogP contribution in [0.1, 0.15) is 54.7 Å². The van der Waals surface area contributed by atoms with Gasteiger partial charge >= 0.3 is 0 Å². The van der Waals surface area contributed by atoms with Crippen molar-refractivity contribution in [3.63, 3.8) is 0 Å². The first-order valence-corrected chi connectivity index (χ1v) is 12.0. The number of piperidine rings is 1. The van der Waals surface area contributed by atoms with E-state index < -0.39 is 0 Å². The van der Waals surface area contributed by atoms with Gasteiger partial charge in [-0.15, -0.1) is 0 Å². The van der Waals surface area contributed by atoms with E-state index in [-0.39, 0.29) is 18.3 Å². The van der Waals surface area contributed by atoms with Crippen LogP contribution in [0.3, 0.4) is 0 Å². The van der Waals surface area contributed by atoms with Crippen molar-refractivity contribution in [2.45, 2.75) is 57.0 Å². The molecule has 32 heavy (non-hydrogen) atoms. The Balaban J connectivity index is 1.35. The summed E-state index contributed by atoms with van der Waals surface area (Å²) in [5.41, 5.74) is 5.01. The fourth-order valence-electron chi connectivity index (χ4n) is 5.83. The summed E-state index contributed by atoms with van der Waals surface area (Å²) in [5, 5.41) is 9.97. The molecule has 1 saturated heterocycles. The first kappa shape index (κ1) is 21.7. The highest BCUT2D eigenvalue weighted by molar-refractivity contribution is 5.51. The molecule has 1 aliphatic carbocycles. The van der Waals surface area contributed by atoms with Crippen molar-refractivity contribution >= 4 is 5.69 Å². The molecule has 0 spiro atoms. The van der Waals surface area contributed by atoms with Crippen molar-refractivity contribution in [3.8, 4) is 5.75 Å². The van der Waals surface area contributed by atoms with E-state index in [1.165, 1.54) is 36.1 Å². The second kappa shape index (κ2) is 9.42. The number of phenolic OH excluding ortho intramolecular Hbond substituents is 1. The lowest BCUT2D eigenvalue weighted by molar-refractivity contribution is -0.141. The van der Waals surface area contributed by atoms with Gasteiger partial charge in [-0.2, -0.15) is 0 Å². The summed E-state index contributed by atoms with van der Waals surface area (Å²) in [4.78, 5) is 2.47. The number of rotatable bonds is 6. The van der Waals surface area contributed by atoms with Crippen LogP contribution in [0.2, 0.25) is 0 Å². The minimum absolute atomic E-state index is 0.103. The van der Waals surface area contributed by atoms with Crippen LogP contribution >= 0.6 is 0 Å². The number of aromatic hydroxyl groups is 1. The Morgan fingerprint density at radius 2 is 1.69 bits per heavy atom. The van der Waals surface area contributed by atoms with Crippen LogP contribution in [0, 0.1) is 11.8 Å². The van der Waals surface area contributed by atoms with Gasteiger partial charge in [-0.25, -0.2) is 0 Å². The van der Waals surface area contributed by atoms with Gasteiger partial charge in [0.15, 0.2) is 6.29 Å². The molecular weight excluding hydrogens is 402 g/mol. The number of hydrogen-bond acceptors (Lipinski definition) is 5. The summed E-state index contributed by atoms with van der Waals surface area (Å²) in [6, 6.07) is 14.9. The highest BCUT2D eigenvalue weighted by Crippen LogP contribution is 2.46. The van der Waals surface area contributed by atoms with Crippen molar-refractivity contribution in [2.75, 3.05) is 32.2 Å². The van der Waals surface area contributed by atoms with Crippen molar-refractivity contribution in [1.82, 2.24) is 0 Å². The Hall–Kier alpha value is -2.08. The molecule has 0 amide bonds. The Morgan fingerprint density at radius 1 is 0.969 bits per heavy atom. The molecular formula is C27H35NO4. The molecule has 172 valence electrons. The lowest BCUT2D eigenvalue weighted by Crippen LogP contribution is -2.39. The van der Waals surface area contributed by atoms with Gasteiger partial charge in [0.05, 0.1) is 12.7 Å². The van der Waals surface area contributed by atoms with Crippen LogP contribution in [0.15, 0.2) is 42.5 Å².